The standard InChI is InChI=1S/C25H29FN2O2/c1-18-6-12-21(13-7-18)28(25(30)19-8-10-20(26)11-9-19)22-14-16-27(17-15-22)23-4-2-3-5-24(23)29/h6-13,22-23H,2-5,14-17H2,1H3. The van der Waals surface area contributed by atoms with Gasteiger partial charge in [-0.25, -0.2) is 4.39 Å². The Kier molecular flexibility index (Phi) is 6.28. The Morgan fingerprint density at radius 1 is 0.967 bits per heavy atom. The van der Waals surface area contributed by atoms with Crippen LogP contribution in [0.3, 0.4) is 0 Å². The lowest BCUT2D eigenvalue weighted by atomic mass is 9.90. The smallest absolute Gasteiger partial charge is 0.258 e. The molecule has 2 aromatic carbocycles. The highest BCUT2D eigenvalue weighted by Gasteiger charge is 2.34. The largest absolute Gasteiger partial charge is 0.305 e. The number of nitrogens with zero attached hydrogens (tertiary/aromatic N) is 2. The molecule has 1 aliphatic heterocycles. The van der Waals surface area contributed by atoms with E-state index in [9.17, 15) is 14.0 Å². The molecule has 0 N–H and O–H groups in total. The van der Waals surface area contributed by atoms with Crippen molar-refractivity contribution in [3.8, 4) is 0 Å². The third-order valence-corrected chi connectivity index (χ3v) is 6.45. The van der Waals surface area contributed by atoms with Crippen LogP contribution in [-0.2, 0) is 4.79 Å². The zero-order valence-electron chi connectivity index (χ0n) is 17.5. The Morgan fingerprint density at radius 2 is 1.63 bits per heavy atom. The van der Waals surface area contributed by atoms with E-state index in [4.69, 9.17) is 0 Å². The number of carbonyl (C=O) groups is 2. The molecule has 4 nitrogen and oxygen atoms in total. The van der Waals surface area contributed by atoms with Crippen molar-refractivity contribution in [1.29, 1.82) is 0 Å². The van der Waals surface area contributed by atoms with Crippen LogP contribution in [0.25, 0.3) is 0 Å². The average Bonchev–Trinajstić information content (AvgIpc) is 2.77. The third kappa shape index (κ3) is 4.46. The van der Waals surface area contributed by atoms with Gasteiger partial charge in [0.25, 0.3) is 5.91 Å². The van der Waals surface area contributed by atoms with Gasteiger partial charge < -0.3 is 4.90 Å². The van der Waals surface area contributed by atoms with E-state index in [1.807, 2.05) is 36.1 Å². The van der Waals surface area contributed by atoms with E-state index in [1.165, 1.54) is 12.1 Å². The van der Waals surface area contributed by atoms with Crippen molar-refractivity contribution >= 4 is 17.4 Å². The summed E-state index contributed by atoms with van der Waals surface area (Å²) < 4.78 is 13.4. The first-order chi connectivity index (χ1) is 14.5. The van der Waals surface area contributed by atoms with Crippen molar-refractivity contribution in [1.82, 2.24) is 4.90 Å². The highest BCUT2D eigenvalue weighted by molar-refractivity contribution is 6.06. The third-order valence-electron chi connectivity index (χ3n) is 6.45. The van der Waals surface area contributed by atoms with Crippen LogP contribution in [0.15, 0.2) is 48.5 Å². The molecule has 1 saturated heterocycles. The number of anilines is 1. The lowest BCUT2D eigenvalue weighted by molar-refractivity contribution is -0.126. The average molecular weight is 409 g/mol. The molecular weight excluding hydrogens is 379 g/mol. The second kappa shape index (κ2) is 9.09. The predicted octanol–water partition coefficient (Wildman–Crippen LogP) is 4.76. The molecule has 0 radical (unpaired) electrons. The number of halogens is 1. The summed E-state index contributed by atoms with van der Waals surface area (Å²) in [7, 11) is 0. The highest BCUT2D eigenvalue weighted by atomic mass is 19.1. The number of piperidine rings is 1. The summed E-state index contributed by atoms with van der Waals surface area (Å²) in [5.41, 5.74) is 2.49. The quantitative estimate of drug-likeness (QED) is 0.733. The fourth-order valence-corrected chi connectivity index (χ4v) is 4.74. The van der Waals surface area contributed by atoms with Crippen LogP contribution >= 0.6 is 0 Å². The van der Waals surface area contributed by atoms with E-state index in [-0.39, 0.29) is 23.8 Å². The molecule has 0 aromatic heterocycles. The summed E-state index contributed by atoms with van der Waals surface area (Å²) in [4.78, 5) is 29.9. The van der Waals surface area contributed by atoms with Gasteiger partial charge >= 0.3 is 0 Å². The van der Waals surface area contributed by atoms with E-state index in [1.54, 1.807) is 12.1 Å². The summed E-state index contributed by atoms with van der Waals surface area (Å²) in [6.07, 6.45) is 5.44. The van der Waals surface area contributed by atoms with Crippen molar-refractivity contribution in [2.24, 2.45) is 0 Å². The summed E-state index contributed by atoms with van der Waals surface area (Å²) in [6.45, 7) is 3.66. The van der Waals surface area contributed by atoms with Gasteiger partial charge in [0, 0.05) is 36.8 Å². The number of benzene rings is 2. The van der Waals surface area contributed by atoms with Crippen LogP contribution in [0.1, 0.15) is 54.4 Å². The van der Waals surface area contributed by atoms with Crippen molar-refractivity contribution in [3.63, 3.8) is 0 Å². The Balaban J connectivity index is 1.54. The van der Waals surface area contributed by atoms with Crippen LogP contribution in [0.5, 0.6) is 0 Å². The van der Waals surface area contributed by atoms with Gasteiger partial charge in [-0.1, -0.05) is 24.1 Å². The van der Waals surface area contributed by atoms with Crippen LogP contribution in [0.4, 0.5) is 10.1 Å². The van der Waals surface area contributed by atoms with Crippen LogP contribution < -0.4 is 4.90 Å². The maximum Gasteiger partial charge on any atom is 0.258 e. The molecule has 2 aliphatic rings. The van der Waals surface area contributed by atoms with Crippen molar-refractivity contribution in [3.05, 3.63) is 65.5 Å². The molecule has 2 fully saturated rings. The SMILES string of the molecule is Cc1ccc(N(C(=O)c2ccc(F)cc2)C2CCN(C3CCCCC3=O)CC2)cc1. The predicted molar refractivity (Wildman–Crippen MR) is 116 cm³/mol. The van der Waals surface area contributed by atoms with E-state index in [0.29, 0.717) is 17.8 Å². The van der Waals surface area contributed by atoms with Gasteiger partial charge in [-0.2, -0.15) is 0 Å². The van der Waals surface area contributed by atoms with Gasteiger partial charge in [-0.05, 0) is 69.0 Å². The zero-order chi connectivity index (χ0) is 21.1. The minimum absolute atomic E-state index is 0.0557. The Labute approximate surface area is 177 Å². The van der Waals surface area contributed by atoms with Crippen LogP contribution in [0, 0.1) is 12.7 Å². The second-order valence-corrected chi connectivity index (χ2v) is 8.51. The van der Waals surface area contributed by atoms with Gasteiger partial charge in [0.05, 0.1) is 6.04 Å². The van der Waals surface area contributed by atoms with Gasteiger partial charge in [0.1, 0.15) is 11.6 Å². The minimum atomic E-state index is -0.348. The first-order valence-corrected chi connectivity index (χ1v) is 11.0. The van der Waals surface area contributed by atoms with Crippen molar-refractivity contribution in [2.45, 2.75) is 57.5 Å². The van der Waals surface area contributed by atoms with E-state index < -0.39 is 0 Å². The van der Waals surface area contributed by atoms with Crippen molar-refractivity contribution in [2.75, 3.05) is 18.0 Å². The Morgan fingerprint density at radius 3 is 2.27 bits per heavy atom. The number of hydrogen-bond acceptors (Lipinski definition) is 3. The second-order valence-electron chi connectivity index (χ2n) is 8.51. The number of amides is 1. The van der Waals surface area contributed by atoms with Gasteiger partial charge in [-0.15, -0.1) is 0 Å². The number of carbonyl (C=O) groups excluding carboxylic acids is 2. The first kappa shape index (κ1) is 20.7. The minimum Gasteiger partial charge on any atom is -0.305 e. The summed E-state index contributed by atoms with van der Waals surface area (Å²) in [5, 5.41) is 0. The molecule has 1 atom stereocenters. The Bertz CT molecular complexity index is 886. The Hall–Kier alpha value is -2.53. The molecule has 1 heterocycles. The molecule has 4 rings (SSSR count). The molecule has 5 heteroatoms. The monoisotopic (exact) mass is 408 g/mol. The maximum atomic E-state index is 13.4. The zero-order valence-corrected chi connectivity index (χ0v) is 17.5. The molecular formula is C25H29FN2O2. The highest BCUT2D eigenvalue weighted by Crippen LogP contribution is 2.29. The summed E-state index contributed by atoms with van der Waals surface area (Å²) in [5.74, 6) is -0.0811. The van der Waals surface area contributed by atoms with Crippen molar-refractivity contribution < 1.29 is 14.0 Å². The molecule has 1 unspecified atom stereocenters. The molecule has 1 saturated carbocycles. The number of ketones is 1. The van der Waals surface area contributed by atoms with E-state index in [0.717, 1.165) is 56.4 Å². The molecule has 0 spiro atoms. The summed E-state index contributed by atoms with van der Waals surface area (Å²) >= 11 is 0. The maximum absolute atomic E-state index is 13.4. The van der Waals surface area contributed by atoms with E-state index in [2.05, 4.69) is 4.90 Å². The number of aryl methyl sites for hydroxylation is 1. The topological polar surface area (TPSA) is 40.6 Å². The first-order valence-electron chi connectivity index (χ1n) is 11.0. The van der Waals surface area contributed by atoms with Crippen LogP contribution in [0.2, 0.25) is 0 Å². The lowest BCUT2D eigenvalue weighted by Gasteiger charge is -2.42. The normalized spacial score (nSPS) is 20.9. The molecule has 1 amide bonds. The molecule has 2 aromatic rings. The fourth-order valence-electron chi connectivity index (χ4n) is 4.74. The number of Topliss-reactive ketones (excluding diaryl/α,β-unsaturated/α-hetero) is 1. The molecule has 0 bridgehead atoms. The molecule has 30 heavy (non-hydrogen) atoms. The van der Waals surface area contributed by atoms with Crippen LogP contribution in [-0.4, -0.2) is 41.8 Å². The number of rotatable bonds is 4. The lowest BCUT2D eigenvalue weighted by Crippen LogP contribution is -2.52. The van der Waals surface area contributed by atoms with Gasteiger partial charge in [0.2, 0.25) is 0 Å². The number of hydrogen-bond donors (Lipinski definition) is 0. The number of likely N-dealkylation sites (tertiary alicyclic amines) is 1. The van der Waals surface area contributed by atoms with Gasteiger partial charge in [0.15, 0.2) is 0 Å². The molecule has 1 aliphatic carbocycles. The fraction of sp³-hybridized carbons (Fsp3) is 0.440. The van der Waals surface area contributed by atoms with Gasteiger partial charge in [-0.3, -0.25) is 14.5 Å². The summed E-state index contributed by atoms with van der Waals surface area (Å²) in [6, 6.07) is 13.9. The van der Waals surface area contributed by atoms with E-state index >= 15 is 0 Å². The molecule has 158 valence electrons.